The Labute approximate surface area is 162 Å². The van der Waals surface area contributed by atoms with Gasteiger partial charge in [-0.3, -0.25) is 4.79 Å². The van der Waals surface area contributed by atoms with E-state index in [0.717, 1.165) is 0 Å². The molecule has 140 valence electrons. The number of amides is 1. The number of aromatic nitrogens is 3. The summed E-state index contributed by atoms with van der Waals surface area (Å²) < 4.78 is 19.7. The maximum atomic E-state index is 13.1. The average Bonchev–Trinajstić information content (AvgIpc) is 3.17. The number of benzene rings is 1. The molecule has 0 saturated heterocycles. The third-order valence-electron chi connectivity index (χ3n) is 3.47. The van der Waals surface area contributed by atoms with Gasteiger partial charge < -0.3 is 10.1 Å². The van der Waals surface area contributed by atoms with Gasteiger partial charge in [0, 0.05) is 12.3 Å². The lowest BCUT2D eigenvalue weighted by atomic mass is 10.2. The van der Waals surface area contributed by atoms with E-state index in [2.05, 4.69) is 15.4 Å². The number of hydrogen-bond acceptors (Lipinski definition) is 6. The second kappa shape index (κ2) is 7.85. The number of rotatable bonds is 5. The molecule has 1 N–H and O–H groups in total. The molecular weight excluding hydrogens is 395 g/mol. The quantitative estimate of drug-likeness (QED) is 0.650. The van der Waals surface area contributed by atoms with Gasteiger partial charge in [0.05, 0.1) is 17.1 Å². The molecule has 1 aromatic carbocycles. The van der Waals surface area contributed by atoms with Crippen LogP contribution in [0.2, 0.25) is 5.15 Å². The number of carbonyl (C=O) groups excluding carboxylic acids is 2. The molecule has 0 aliphatic heterocycles. The van der Waals surface area contributed by atoms with Crippen LogP contribution in [0.25, 0.3) is 5.69 Å². The van der Waals surface area contributed by atoms with Gasteiger partial charge in [0.1, 0.15) is 23.1 Å². The van der Waals surface area contributed by atoms with Crippen LogP contribution in [0.1, 0.15) is 28.7 Å². The summed E-state index contributed by atoms with van der Waals surface area (Å²) in [6.07, 6.45) is 0. The standard InChI is InChI=1S/C17H14ClFN4O3S/c1-9-14(15(18)23(22-9)13-5-3-11(19)4-6-13)16(25)26-7-12-8-27-17(21-12)20-10(2)24/h3-6,8H,7H2,1-2H3,(H,20,21,24). The van der Waals surface area contributed by atoms with E-state index in [1.807, 2.05) is 0 Å². The first-order chi connectivity index (χ1) is 12.8. The lowest BCUT2D eigenvalue weighted by molar-refractivity contribution is -0.114. The summed E-state index contributed by atoms with van der Waals surface area (Å²) in [5.74, 6) is -1.27. The van der Waals surface area contributed by atoms with Crippen LogP contribution < -0.4 is 5.32 Å². The number of esters is 1. The van der Waals surface area contributed by atoms with Crippen molar-refractivity contribution in [3.8, 4) is 5.69 Å². The number of nitrogens with one attached hydrogen (secondary N) is 1. The van der Waals surface area contributed by atoms with Crippen molar-refractivity contribution in [1.29, 1.82) is 0 Å². The molecule has 0 aliphatic carbocycles. The number of carbonyl (C=O) groups is 2. The first-order valence-corrected chi connectivity index (χ1v) is 9.01. The van der Waals surface area contributed by atoms with Crippen molar-refractivity contribution >= 4 is 39.9 Å². The van der Waals surface area contributed by atoms with E-state index in [1.54, 1.807) is 12.3 Å². The molecule has 0 fully saturated rings. The maximum absolute atomic E-state index is 13.1. The fourth-order valence-electron chi connectivity index (χ4n) is 2.28. The van der Waals surface area contributed by atoms with Crippen molar-refractivity contribution in [3.63, 3.8) is 0 Å². The Kier molecular flexibility index (Phi) is 5.52. The highest BCUT2D eigenvalue weighted by Crippen LogP contribution is 2.25. The molecule has 3 aromatic rings. The van der Waals surface area contributed by atoms with E-state index in [9.17, 15) is 14.0 Å². The second-order valence-corrected chi connectivity index (χ2v) is 6.76. The predicted octanol–water partition coefficient (Wildman–Crippen LogP) is 3.75. The Bertz CT molecular complexity index is 1000. The highest BCUT2D eigenvalue weighted by Gasteiger charge is 2.23. The molecule has 27 heavy (non-hydrogen) atoms. The first-order valence-electron chi connectivity index (χ1n) is 7.75. The van der Waals surface area contributed by atoms with E-state index in [-0.39, 0.29) is 29.0 Å². The monoisotopic (exact) mass is 408 g/mol. The number of nitrogens with zero attached hydrogens (tertiary/aromatic N) is 3. The van der Waals surface area contributed by atoms with Crippen molar-refractivity contribution in [1.82, 2.24) is 14.8 Å². The van der Waals surface area contributed by atoms with Crippen molar-refractivity contribution in [2.24, 2.45) is 0 Å². The van der Waals surface area contributed by atoms with Crippen LogP contribution in [0.3, 0.4) is 0 Å². The van der Waals surface area contributed by atoms with Gasteiger partial charge in [0.2, 0.25) is 5.91 Å². The molecule has 3 rings (SSSR count). The molecule has 0 atom stereocenters. The molecule has 2 heterocycles. The Morgan fingerprint density at radius 2 is 2.04 bits per heavy atom. The van der Waals surface area contributed by atoms with Crippen molar-refractivity contribution in [2.75, 3.05) is 5.32 Å². The highest BCUT2D eigenvalue weighted by molar-refractivity contribution is 7.13. The summed E-state index contributed by atoms with van der Waals surface area (Å²) in [6, 6.07) is 5.55. The number of ether oxygens (including phenoxy) is 1. The van der Waals surface area contributed by atoms with Crippen LogP contribution in [-0.2, 0) is 16.1 Å². The summed E-state index contributed by atoms with van der Waals surface area (Å²) in [5, 5.41) is 8.95. The molecule has 0 radical (unpaired) electrons. The molecular formula is C17H14ClFN4O3S. The van der Waals surface area contributed by atoms with Crippen LogP contribution in [0.5, 0.6) is 0 Å². The fraction of sp³-hybridized carbons (Fsp3) is 0.176. The predicted molar refractivity (Wildman–Crippen MR) is 98.8 cm³/mol. The smallest absolute Gasteiger partial charge is 0.343 e. The minimum absolute atomic E-state index is 0.0707. The van der Waals surface area contributed by atoms with Crippen LogP contribution in [0.4, 0.5) is 9.52 Å². The van der Waals surface area contributed by atoms with Gasteiger partial charge in [-0.15, -0.1) is 11.3 Å². The average molecular weight is 409 g/mol. The normalized spacial score (nSPS) is 10.7. The van der Waals surface area contributed by atoms with Crippen molar-refractivity contribution in [2.45, 2.75) is 20.5 Å². The van der Waals surface area contributed by atoms with Gasteiger partial charge in [-0.1, -0.05) is 11.6 Å². The van der Waals surface area contributed by atoms with Gasteiger partial charge in [-0.25, -0.2) is 18.9 Å². The SMILES string of the molecule is CC(=O)Nc1nc(COC(=O)c2c(C)nn(-c3ccc(F)cc3)c2Cl)cs1. The van der Waals surface area contributed by atoms with E-state index in [0.29, 0.717) is 22.2 Å². The van der Waals surface area contributed by atoms with Crippen LogP contribution in [-0.4, -0.2) is 26.6 Å². The zero-order valence-electron chi connectivity index (χ0n) is 14.3. The van der Waals surface area contributed by atoms with E-state index in [1.165, 1.54) is 47.2 Å². The van der Waals surface area contributed by atoms with Gasteiger partial charge in [0.15, 0.2) is 5.13 Å². The Balaban J connectivity index is 1.74. The van der Waals surface area contributed by atoms with E-state index < -0.39 is 5.97 Å². The summed E-state index contributed by atoms with van der Waals surface area (Å²) in [7, 11) is 0. The number of hydrogen-bond donors (Lipinski definition) is 1. The largest absolute Gasteiger partial charge is 0.455 e. The van der Waals surface area contributed by atoms with E-state index in [4.69, 9.17) is 16.3 Å². The summed E-state index contributed by atoms with van der Waals surface area (Å²) in [4.78, 5) is 27.6. The molecule has 0 aliphatic rings. The minimum Gasteiger partial charge on any atom is -0.455 e. The maximum Gasteiger partial charge on any atom is 0.343 e. The molecule has 0 spiro atoms. The van der Waals surface area contributed by atoms with Gasteiger partial charge in [0.25, 0.3) is 0 Å². The summed E-state index contributed by atoms with van der Waals surface area (Å²) >= 11 is 7.51. The highest BCUT2D eigenvalue weighted by atomic mass is 35.5. The molecule has 0 saturated carbocycles. The zero-order chi connectivity index (χ0) is 19.6. The second-order valence-electron chi connectivity index (χ2n) is 5.54. The number of halogens is 2. The van der Waals surface area contributed by atoms with Crippen molar-refractivity contribution in [3.05, 3.63) is 57.6 Å². The van der Waals surface area contributed by atoms with Gasteiger partial charge in [-0.05, 0) is 31.2 Å². The zero-order valence-corrected chi connectivity index (χ0v) is 15.9. The lowest BCUT2D eigenvalue weighted by Gasteiger charge is -2.04. The first kappa shape index (κ1) is 19.0. The third kappa shape index (κ3) is 4.32. The van der Waals surface area contributed by atoms with Crippen LogP contribution in [0.15, 0.2) is 29.6 Å². The van der Waals surface area contributed by atoms with Gasteiger partial charge >= 0.3 is 5.97 Å². The summed E-state index contributed by atoms with van der Waals surface area (Å²) in [5.41, 5.74) is 1.52. The molecule has 7 nitrogen and oxygen atoms in total. The molecule has 10 heteroatoms. The Morgan fingerprint density at radius 1 is 1.33 bits per heavy atom. The third-order valence-corrected chi connectivity index (χ3v) is 4.62. The minimum atomic E-state index is -0.653. The Hall–Kier alpha value is -2.78. The molecule has 2 aromatic heterocycles. The number of thiazole rings is 1. The fourth-order valence-corrected chi connectivity index (χ4v) is 3.37. The van der Waals surface area contributed by atoms with Gasteiger partial charge in [-0.2, -0.15) is 5.10 Å². The number of aryl methyl sites for hydroxylation is 1. The molecule has 0 bridgehead atoms. The topological polar surface area (TPSA) is 86.1 Å². The van der Waals surface area contributed by atoms with Crippen molar-refractivity contribution < 1.29 is 18.7 Å². The molecule has 1 amide bonds. The lowest BCUT2D eigenvalue weighted by Crippen LogP contribution is -2.08. The van der Waals surface area contributed by atoms with E-state index >= 15 is 0 Å². The summed E-state index contributed by atoms with van der Waals surface area (Å²) in [6.45, 7) is 2.93. The Morgan fingerprint density at radius 3 is 2.70 bits per heavy atom. The van der Waals surface area contributed by atoms with Crippen LogP contribution in [0, 0.1) is 12.7 Å². The number of anilines is 1. The molecule has 0 unspecified atom stereocenters. The van der Waals surface area contributed by atoms with Crippen LogP contribution >= 0.6 is 22.9 Å².